The Bertz CT molecular complexity index is 252. The molecule has 0 atom stereocenters. The molecule has 0 aliphatic heterocycles. The van der Waals surface area contributed by atoms with E-state index in [1.165, 1.54) is 0 Å². The standard InChI is InChI=1S/C10H12O2.C2H6/c1-8(2)12-10(11)9-6-4-3-5-7-9;1-2/h3-8H,1-2H3;1-2H3. The SMILES string of the molecule is CC.CC(C)OC(=O)c1ccccc1. The molecule has 14 heavy (non-hydrogen) atoms. The summed E-state index contributed by atoms with van der Waals surface area (Å²) in [5, 5.41) is 0. The summed E-state index contributed by atoms with van der Waals surface area (Å²) < 4.78 is 5.00. The second kappa shape index (κ2) is 7.13. The van der Waals surface area contributed by atoms with E-state index in [0.29, 0.717) is 5.56 Å². The third kappa shape index (κ3) is 4.65. The van der Waals surface area contributed by atoms with E-state index in [4.69, 9.17) is 4.74 Å². The number of rotatable bonds is 2. The number of esters is 1. The number of benzene rings is 1. The molecule has 2 heteroatoms. The molecular weight excluding hydrogens is 176 g/mol. The summed E-state index contributed by atoms with van der Waals surface area (Å²) in [6, 6.07) is 8.98. The van der Waals surface area contributed by atoms with Crippen LogP contribution in [-0.2, 0) is 4.74 Å². The van der Waals surface area contributed by atoms with Gasteiger partial charge in [0.15, 0.2) is 0 Å². The molecule has 2 nitrogen and oxygen atoms in total. The molecule has 1 aromatic rings. The monoisotopic (exact) mass is 194 g/mol. The van der Waals surface area contributed by atoms with E-state index in [0.717, 1.165) is 0 Å². The Hall–Kier alpha value is -1.31. The molecule has 0 fully saturated rings. The molecule has 0 radical (unpaired) electrons. The molecule has 0 aromatic heterocycles. The minimum absolute atomic E-state index is 0.0577. The lowest BCUT2D eigenvalue weighted by atomic mass is 10.2. The Morgan fingerprint density at radius 2 is 1.64 bits per heavy atom. The van der Waals surface area contributed by atoms with Gasteiger partial charge >= 0.3 is 5.97 Å². The van der Waals surface area contributed by atoms with Crippen molar-refractivity contribution in [2.24, 2.45) is 0 Å². The lowest BCUT2D eigenvalue weighted by molar-refractivity contribution is 0.0378. The highest BCUT2D eigenvalue weighted by Crippen LogP contribution is 2.02. The van der Waals surface area contributed by atoms with Crippen molar-refractivity contribution in [2.75, 3.05) is 0 Å². The topological polar surface area (TPSA) is 26.3 Å². The first-order valence-electron chi connectivity index (χ1n) is 4.96. The predicted molar refractivity (Wildman–Crippen MR) is 58.3 cm³/mol. The quantitative estimate of drug-likeness (QED) is 0.675. The second-order valence-corrected chi connectivity index (χ2v) is 2.82. The van der Waals surface area contributed by atoms with Crippen LogP contribution in [0.3, 0.4) is 0 Å². The van der Waals surface area contributed by atoms with Crippen molar-refractivity contribution < 1.29 is 9.53 Å². The van der Waals surface area contributed by atoms with Gasteiger partial charge in [0.05, 0.1) is 11.7 Å². The van der Waals surface area contributed by atoms with Crippen LogP contribution in [0.4, 0.5) is 0 Å². The van der Waals surface area contributed by atoms with E-state index in [2.05, 4.69) is 0 Å². The maximum Gasteiger partial charge on any atom is 0.338 e. The van der Waals surface area contributed by atoms with Crippen LogP contribution in [0.1, 0.15) is 38.1 Å². The summed E-state index contributed by atoms with van der Waals surface area (Å²) in [7, 11) is 0. The first kappa shape index (κ1) is 12.7. The fraction of sp³-hybridized carbons (Fsp3) is 0.417. The molecule has 0 spiro atoms. The van der Waals surface area contributed by atoms with Gasteiger partial charge in [0.1, 0.15) is 0 Å². The van der Waals surface area contributed by atoms with Gasteiger partial charge in [-0.2, -0.15) is 0 Å². The lowest BCUT2D eigenvalue weighted by Crippen LogP contribution is -2.11. The summed E-state index contributed by atoms with van der Waals surface area (Å²) in [5.41, 5.74) is 0.603. The van der Waals surface area contributed by atoms with Crippen molar-refractivity contribution in [1.82, 2.24) is 0 Å². The highest BCUT2D eigenvalue weighted by molar-refractivity contribution is 5.89. The number of hydrogen-bond donors (Lipinski definition) is 0. The van der Waals surface area contributed by atoms with Crippen LogP contribution in [0, 0.1) is 0 Å². The molecule has 0 aliphatic carbocycles. The normalized spacial score (nSPS) is 8.93. The smallest absolute Gasteiger partial charge is 0.338 e. The fourth-order valence-electron chi connectivity index (χ4n) is 0.856. The summed E-state index contributed by atoms with van der Waals surface area (Å²) in [6.45, 7) is 7.67. The fourth-order valence-corrected chi connectivity index (χ4v) is 0.856. The third-order valence-corrected chi connectivity index (χ3v) is 1.35. The van der Waals surface area contributed by atoms with Crippen molar-refractivity contribution in [3.63, 3.8) is 0 Å². The minimum Gasteiger partial charge on any atom is -0.459 e. The van der Waals surface area contributed by atoms with E-state index in [9.17, 15) is 4.79 Å². The van der Waals surface area contributed by atoms with Gasteiger partial charge in [0, 0.05) is 0 Å². The lowest BCUT2D eigenvalue weighted by Gasteiger charge is -2.06. The van der Waals surface area contributed by atoms with Crippen molar-refractivity contribution >= 4 is 5.97 Å². The number of ether oxygens (including phenoxy) is 1. The average molecular weight is 194 g/mol. The van der Waals surface area contributed by atoms with Crippen molar-refractivity contribution in [2.45, 2.75) is 33.8 Å². The van der Waals surface area contributed by atoms with Gasteiger partial charge in [-0.15, -0.1) is 0 Å². The van der Waals surface area contributed by atoms with Gasteiger partial charge in [0.2, 0.25) is 0 Å². The molecule has 0 unspecified atom stereocenters. The van der Waals surface area contributed by atoms with E-state index in [1.807, 2.05) is 45.9 Å². The number of carbonyl (C=O) groups excluding carboxylic acids is 1. The molecule has 0 amide bonds. The summed E-state index contributed by atoms with van der Waals surface area (Å²) >= 11 is 0. The largest absolute Gasteiger partial charge is 0.459 e. The Labute approximate surface area is 85.9 Å². The zero-order chi connectivity index (χ0) is 11.0. The number of carbonyl (C=O) groups is 1. The molecule has 0 bridgehead atoms. The maximum atomic E-state index is 11.2. The van der Waals surface area contributed by atoms with E-state index in [-0.39, 0.29) is 12.1 Å². The first-order chi connectivity index (χ1) is 6.70. The third-order valence-electron chi connectivity index (χ3n) is 1.35. The van der Waals surface area contributed by atoms with Crippen LogP contribution >= 0.6 is 0 Å². The van der Waals surface area contributed by atoms with Gasteiger partial charge in [-0.1, -0.05) is 32.0 Å². The Morgan fingerprint density at radius 3 is 2.07 bits per heavy atom. The van der Waals surface area contributed by atoms with Crippen molar-refractivity contribution in [3.05, 3.63) is 35.9 Å². The zero-order valence-electron chi connectivity index (χ0n) is 9.28. The first-order valence-corrected chi connectivity index (χ1v) is 4.96. The molecule has 0 saturated heterocycles. The van der Waals surface area contributed by atoms with Crippen LogP contribution in [0.25, 0.3) is 0 Å². The Kier molecular flexibility index (Phi) is 6.46. The summed E-state index contributed by atoms with van der Waals surface area (Å²) in [6.07, 6.45) is -0.0577. The summed E-state index contributed by atoms with van der Waals surface area (Å²) in [4.78, 5) is 11.2. The number of hydrogen-bond acceptors (Lipinski definition) is 2. The van der Waals surface area contributed by atoms with Gasteiger partial charge in [-0.05, 0) is 26.0 Å². The molecule has 0 aliphatic rings. The van der Waals surface area contributed by atoms with Crippen LogP contribution in [0.2, 0.25) is 0 Å². The van der Waals surface area contributed by atoms with Gasteiger partial charge in [-0.25, -0.2) is 4.79 Å². The predicted octanol–water partition coefficient (Wildman–Crippen LogP) is 3.28. The minimum atomic E-state index is -0.259. The highest BCUT2D eigenvalue weighted by atomic mass is 16.5. The molecule has 0 saturated carbocycles. The highest BCUT2D eigenvalue weighted by Gasteiger charge is 2.06. The molecular formula is C12H18O2. The van der Waals surface area contributed by atoms with Crippen LogP contribution in [0.5, 0.6) is 0 Å². The zero-order valence-corrected chi connectivity index (χ0v) is 9.28. The second-order valence-electron chi connectivity index (χ2n) is 2.82. The van der Waals surface area contributed by atoms with E-state index in [1.54, 1.807) is 12.1 Å². The maximum absolute atomic E-state index is 11.2. The van der Waals surface area contributed by atoms with Crippen molar-refractivity contribution in [1.29, 1.82) is 0 Å². The van der Waals surface area contributed by atoms with Gasteiger partial charge < -0.3 is 4.74 Å². The molecule has 1 rings (SSSR count). The van der Waals surface area contributed by atoms with Gasteiger partial charge in [0.25, 0.3) is 0 Å². The van der Waals surface area contributed by atoms with E-state index < -0.39 is 0 Å². The van der Waals surface area contributed by atoms with Crippen LogP contribution in [0.15, 0.2) is 30.3 Å². The molecule has 0 N–H and O–H groups in total. The van der Waals surface area contributed by atoms with E-state index >= 15 is 0 Å². The molecule has 0 heterocycles. The molecule has 78 valence electrons. The molecule has 1 aromatic carbocycles. The van der Waals surface area contributed by atoms with Gasteiger partial charge in [-0.3, -0.25) is 0 Å². The Balaban J connectivity index is 0.000000791. The Morgan fingerprint density at radius 1 is 1.14 bits per heavy atom. The summed E-state index contributed by atoms with van der Waals surface area (Å²) in [5.74, 6) is -0.259. The van der Waals surface area contributed by atoms with Crippen LogP contribution < -0.4 is 0 Å². The van der Waals surface area contributed by atoms with Crippen molar-refractivity contribution in [3.8, 4) is 0 Å². The van der Waals surface area contributed by atoms with Crippen LogP contribution in [-0.4, -0.2) is 12.1 Å². The average Bonchev–Trinajstić information content (AvgIpc) is 2.21.